The van der Waals surface area contributed by atoms with Gasteiger partial charge < -0.3 is 4.43 Å². The molecule has 0 aromatic heterocycles. The average Bonchev–Trinajstić information content (AvgIpc) is 2.11. The molecule has 0 aromatic carbocycles. The Labute approximate surface area is 84.3 Å². The third-order valence-corrected chi connectivity index (χ3v) is 4.95. The Hall–Kier alpha value is -0.0831. The second-order valence-corrected chi connectivity index (χ2v) is 8.54. The molecular formula is C11H24OSi. The van der Waals surface area contributed by atoms with Crippen molar-refractivity contribution in [2.24, 2.45) is 0 Å². The van der Waals surface area contributed by atoms with Gasteiger partial charge in [-0.1, -0.05) is 31.9 Å². The van der Waals surface area contributed by atoms with Crippen LogP contribution < -0.4 is 0 Å². The maximum absolute atomic E-state index is 5.47. The third-order valence-electron chi connectivity index (χ3n) is 2.36. The van der Waals surface area contributed by atoms with Gasteiger partial charge in [0, 0.05) is 7.11 Å². The highest BCUT2D eigenvalue weighted by atomic mass is 28.4. The van der Waals surface area contributed by atoms with E-state index in [-0.39, 0.29) is 0 Å². The lowest BCUT2D eigenvalue weighted by molar-refractivity contribution is 0.403. The molecule has 0 radical (unpaired) electrons. The molecule has 0 fully saturated rings. The molecule has 0 bridgehead atoms. The second-order valence-electron chi connectivity index (χ2n) is 4.12. The van der Waals surface area contributed by atoms with Gasteiger partial charge in [0.25, 0.3) is 0 Å². The van der Waals surface area contributed by atoms with Crippen LogP contribution in [0, 0.1) is 0 Å². The van der Waals surface area contributed by atoms with Crippen molar-refractivity contribution < 1.29 is 4.43 Å². The van der Waals surface area contributed by atoms with E-state index >= 15 is 0 Å². The maximum atomic E-state index is 5.47. The van der Waals surface area contributed by atoms with Crippen LogP contribution in [-0.2, 0) is 4.43 Å². The van der Waals surface area contributed by atoms with Gasteiger partial charge in [-0.05, 0) is 32.0 Å². The highest BCUT2D eigenvalue weighted by Gasteiger charge is 2.18. The first-order chi connectivity index (χ1) is 6.12. The Bertz CT molecular complexity index is 141. The van der Waals surface area contributed by atoms with E-state index in [0.29, 0.717) is 0 Å². The molecule has 0 heterocycles. The summed E-state index contributed by atoms with van der Waals surface area (Å²) in [5, 5.41) is 0. The van der Waals surface area contributed by atoms with Crippen molar-refractivity contribution >= 4 is 8.32 Å². The van der Waals surface area contributed by atoms with E-state index in [1.165, 1.54) is 31.7 Å². The molecule has 0 aliphatic carbocycles. The fraction of sp³-hybridized carbons (Fsp3) is 0.818. The van der Waals surface area contributed by atoms with Crippen molar-refractivity contribution in [2.75, 3.05) is 7.11 Å². The van der Waals surface area contributed by atoms with Crippen molar-refractivity contribution in [2.45, 2.75) is 51.7 Å². The predicted octanol–water partition coefficient (Wildman–Crippen LogP) is 3.97. The summed E-state index contributed by atoms with van der Waals surface area (Å²) < 4.78 is 5.47. The summed E-state index contributed by atoms with van der Waals surface area (Å²) in [4.78, 5) is 0. The number of rotatable bonds is 7. The molecular weight excluding hydrogens is 176 g/mol. The van der Waals surface area contributed by atoms with E-state index in [4.69, 9.17) is 4.43 Å². The summed E-state index contributed by atoms with van der Waals surface area (Å²) in [6, 6.07) is 1.24. The monoisotopic (exact) mass is 200 g/mol. The third kappa shape index (κ3) is 8.25. The SMILES string of the molecule is CCCCC=CCC[Si](C)(C)OC. The van der Waals surface area contributed by atoms with Crippen LogP contribution in [0.15, 0.2) is 12.2 Å². The summed E-state index contributed by atoms with van der Waals surface area (Å²) in [5.74, 6) is 0. The highest BCUT2D eigenvalue weighted by molar-refractivity contribution is 6.71. The van der Waals surface area contributed by atoms with Crippen LogP contribution in [0.1, 0.15) is 32.6 Å². The summed E-state index contributed by atoms with van der Waals surface area (Å²) >= 11 is 0. The molecule has 0 unspecified atom stereocenters. The molecule has 0 amide bonds. The minimum atomic E-state index is -1.30. The molecule has 78 valence electrons. The van der Waals surface area contributed by atoms with Crippen LogP contribution in [-0.4, -0.2) is 15.4 Å². The highest BCUT2D eigenvalue weighted by Crippen LogP contribution is 2.12. The van der Waals surface area contributed by atoms with E-state index in [2.05, 4.69) is 32.2 Å². The molecule has 0 saturated carbocycles. The van der Waals surface area contributed by atoms with E-state index in [9.17, 15) is 0 Å². The van der Waals surface area contributed by atoms with E-state index < -0.39 is 8.32 Å². The summed E-state index contributed by atoms with van der Waals surface area (Å²) in [6.07, 6.45) is 9.67. The molecule has 0 spiro atoms. The first-order valence-electron chi connectivity index (χ1n) is 5.32. The Morgan fingerprint density at radius 3 is 2.31 bits per heavy atom. The molecule has 0 N–H and O–H groups in total. The van der Waals surface area contributed by atoms with E-state index in [1.807, 2.05) is 7.11 Å². The summed E-state index contributed by atoms with van der Waals surface area (Å²) in [5.41, 5.74) is 0. The van der Waals surface area contributed by atoms with Crippen LogP contribution in [0.3, 0.4) is 0 Å². The summed E-state index contributed by atoms with van der Waals surface area (Å²) in [7, 11) is 0.543. The smallest absolute Gasteiger partial charge is 0.186 e. The van der Waals surface area contributed by atoms with Gasteiger partial charge in [-0.15, -0.1) is 0 Å². The molecule has 0 aromatic rings. The lowest BCUT2D eigenvalue weighted by Gasteiger charge is -2.18. The van der Waals surface area contributed by atoms with Gasteiger partial charge in [-0.25, -0.2) is 0 Å². The number of unbranched alkanes of at least 4 members (excludes halogenated alkanes) is 2. The Kier molecular flexibility index (Phi) is 7.29. The molecule has 0 aliphatic heterocycles. The topological polar surface area (TPSA) is 9.23 Å². The molecule has 0 atom stereocenters. The zero-order valence-corrected chi connectivity index (χ0v) is 10.6. The van der Waals surface area contributed by atoms with Crippen molar-refractivity contribution in [1.82, 2.24) is 0 Å². The van der Waals surface area contributed by atoms with Gasteiger partial charge in [-0.2, -0.15) is 0 Å². The number of allylic oxidation sites excluding steroid dienone is 2. The minimum absolute atomic E-state index is 1.19. The molecule has 13 heavy (non-hydrogen) atoms. The standard InChI is InChI=1S/C11H24OSi/c1-5-6-7-8-9-10-11-13(3,4)12-2/h8-9H,5-7,10-11H2,1-4H3. The molecule has 0 aliphatic rings. The first kappa shape index (κ1) is 12.9. The Morgan fingerprint density at radius 1 is 1.15 bits per heavy atom. The van der Waals surface area contributed by atoms with Gasteiger partial charge >= 0.3 is 0 Å². The van der Waals surface area contributed by atoms with Crippen LogP contribution >= 0.6 is 0 Å². The minimum Gasteiger partial charge on any atom is -0.420 e. The molecule has 2 heteroatoms. The molecule has 1 nitrogen and oxygen atoms in total. The van der Waals surface area contributed by atoms with Gasteiger partial charge in [0.1, 0.15) is 0 Å². The van der Waals surface area contributed by atoms with E-state index in [1.54, 1.807) is 0 Å². The Balaban J connectivity index is 3.38. The van der Waals surface area contributed by atoms with Gasteiger partial charge in [0.05, 0.1) is 0 Å². The normalized spacial score (nSPS) is 12.6. The van der Waals surface area contributed by atoms with Gasteiger partial charge in [-0.3, -0.25) is 0 Å². The molecule has 0 rings (SSSR count). The van der Waals surface area contributed by atoms with Gasteiger partial charge in [0.2, 0.25) is 0 Å². The zero-order valence-electron chi connectivity index (χ0n) is 9.60. The van der Waals surface area contributed by atoms with Crippen LogP contribution in [0.5, 0.6) is 0 Å². The van der Waals surface area contributed by atoms with Gasteiger partial charge in [0.15, 0.2) is 8.32 Å². The second kappa shape index (κ2) is 7.33. The van der Waals surface area contributed by atoms with Crippen molar-refractivity contribution in [3.8, 4) is 0 Å². The quantitative estimate of drug-likeness (QED) is 0.343. The van der Waals surface area contributed by atoms with Crippen LogP contribution in [0.4, 0.5) is 0 Å². The van der Waals surface area contributed by atoms with Crippen molar-refractivity contribution in [1.29, 1.82) is 0 Å². The molecule has 0 saturated heterocycles. The maximum Gasteiger partial charge on any atom is 0.186 e. The number of hydrogen-bond donors (Lipinski definition) is 0. The van der Waals surface area contributed by atoms with E-state index in [0.717, 1.165) is 0 Å². The lowest BCUT2D eigenvalue weighted by Crippen LogP contribution is -2.27. The largest absolute Gasteiger partial charge is 0.420 e. The Morgan fingerprint density at radius 2 is 1.77 bits per heavy atom. The fourth-order valence-electron chi connectivity index (χ4n) is 1.09. The fourth-order valence-corrected chi connectivity index (χ4v) is 2.16. The zero-order chi connectivity index (χ0) is 10.2. The average molecular weight is 200 g/mol. The van der Waals surface area contributed by atoms with Crippen LogP contribution in [0.2, 0.25) is 19.1 Å². The van der Waals surface area contributed by atoms with Crippen molar-refractivity contribution in [3.63, 3.8) is 0 Å². The lowest BCUT2D eigenvalue weighted by atomic mass is 10.2. The predicted molar refractivity (Wildman–Crippen MR) is 62.6 cm³/mol. The van der Waals surface area contributed by atoms with Crippen molar-refractivity contribution in [3.05, 3.63) is 12.2 Å². The van der Waals surface area contributed by atoms with Crippen LogP contribution in [0.25, 0.3) is 0 Å². The summed E-state index contributed by atoms with van der Waals surface area (Å²) in [6.45, 7) is 6.77. The number of hydrogen-bond acceptors (Lipinski definition) is 1. The first-order valence-corrected chi connectivity index (χ1v) is 8.44.